The highest BCUT2D eigenvalue weighted by atomic mass is 32.2. The van der Waals surface area contributed by atoms with Gasteiger partial charge in [-0.25, -0.2) is 13.4 Å². The van der Waals surface area contributed by atoms with Gasteiger partial charge in [0.05, 0.1) is 6.26 Å². The normalized spacial score (nSPS) is 11.9. The van der Waals surface area contributed by atoms with E-state index in [-0.39, 0.29) is 13.2 Å². The fourth-order valence-corrected chi connectivity index (χ4v) is 3.23. The van der Waals surface area contributed by atoms with Crippen LogP contribution in [0.3, 0.4) is 0 Å². The third kappa shape index (κ3) is 3.93. The van der Waals surface area contributed by atoms with Crippen LogP contribution in [0.15, 0.2) is 60.9 Å². The number of nitrogens with zero attached hydrogens (tertiary/aromatic N) is 3. The minimum atomic E-state index is -3.32. The highest BCUT2D eigenvalue weighted by molar-refractivity contribution is 7.88. The van der Waals surface area contributed by atoms with E-state index in [4.69, 9.17) is 4.74 Å². The molecule has 1 aromatic carbocycles. The molecule has 0 saturated heterocycles. The third-order valence-electron chi connectivity index (χ3n) is 3.65. The summed E-state index contributed by atoms with van der Waals surface area (Å²) in [4.78, 5) is 4.19. The first kappa shape index (κ1) is 16.5. The lowest BCUT2D eigenvalue weighted by atomic mass is 10.2. The second-order valence-electron chi connectivity index (χ2n) is 5.45. The monoisotopic (exact) mass is 345 g/mol. The number of hydrogen-bond donors (Lipinski definition) is 0. The predicted octanol–water partition coefficient (Wildman–Crippen LogP) is 2.17. The van der Waals surface area contributed by atoms with Gasteiger partial charge in [0.25, 0.3) is 0 Å². The SMILES string of the molecule is CS(=O)(=O)N(CCOc1cccc2nccn12)Cc1ccccc1. The Morgan fingerprint density at radius 1 is 1.12 bits per heavy atom. The average Bonchev–Trinajstić information content (AvgIpc) is 3.03. The van der Waals surface area contributed by atoms with E-state index in [0.29, 0.717) is 12.4 Å². The molecule has 6 nitrogen and oxygen atoms in total. The number of fused-ring (bicyclic) bond motifs is 1. The van der Waals surface area contributed by atoms with Crippen molar-refractivity contribution in [2.75, 3.05) is 19.4 Å². The second kappa shape index (κ2) is 7.02. The van der Waals surface area contributed by atoms with E-state index in [0.717, 1.165) is 11.2 Å². The first-order valence-corrected chi connectivity index (χ1v) is 9.43. The number of ether oxygens (including phenoxy) is 1. The summed E-state index contributed by atoms with van der Waals surface area (Å²) in [5.74, 6) is 0.637. The van der Waals surface area contributed by atoms with Gasteiger partial charge in [0, 0.05) is 25.5 Å². The molecule has 0 saturated carbocycles. The molecule has 0 spiro atoms. The van der Waals surface area contributed by atoms with Crippen molar-refractivity contribution >= 4 is 15.7 Å². The molecular formula is C17H19N3O3S. The van der Waals surface area contributed by atoms with Crippen LogP contribution < -0.4 is 4.74 Å². The van der Waals surface area contributed by atoms with E-state index in [1.807, 2.05) is 59.1 Å². The number of benzene rings is 1. The molecule has 0 bridgehead atoms. The van der Waals surface area contributed by atoms with E-state index in [1.165, 1.54) is 10.6 Å². The van der Waals surface area contributed by atoms with Gasteiger partial charge in [0.15, 0.2) is 5.88 Å². The fourth-order valence-electron chi connectivity index (χ4n) is 2.44. The zero-order chi connectivity index (χ0) is 17.0. The molecule has 24 heavy (non-hydrogen) atoms. The van der Waals surface area contributed by atoms with Crippen molar-refractivity contribution in [2.24, 2.45) is 0 Å². The summed E-state index contributed by atoms with van der Waals surface area (Å²) in [5, 5.41) is 0. The molecule has 7 heteroatoms. The topological polar surface area (TPSA) is 63.9 Å². The maximum absolute atomic E-state index is 12.0. The summed E-state index contributed by atoms with van der Waals surface area (Å²) in [6, 6.07) is 15.1. The van der Waals surface area contributed by atoms with Crippen LogP contribution in [-0.2, 0) is 16.6 Å². The molecule has 0 aliphatic heterocycles. The molecule has 0 fully saturated rings. The zero-order valence-electron chi connectivity index (χ0n) is 13.4. The van der Waals surface area contributed by atoms with Crippen LogP contribution in [0.4, 0.5) is 0 Å². The Labute approximate surface area is 141 Å². The van der Waals surface area contributed by atoms with Crippen molar-refractivity contribution in [3.8, 4) is 5.88 Å². The first-order valence-electron chi connectivity index (χ1n) is 7.58. The van der Waals surface area contributed by atoms with Crippen molar-refractivity contribution in [2.45, 2.75) is 6.54 Å². The van der Waals surface area contributed by atoms with Gasteiger partial charge in [-0.1, -0.05) is 36.4 Å². The van der Waals surface area contributed by atoms with Crippen molar-refractivity contribution in [3.63, 3.8) is 0 Å². The van der Waals surface area contributed by atoms with Gasteiger partial charge in [-0.2, -0.15) is 4.31 Å². The minimum absolute atomic E-state index is 0.261. The highest BCUT2D eigenvalue weighted by Crippen LogP contribution is 2.14. The molecule has 0 atom stereocenters. The molecule has 0 radical (unpaired) electrons. The predicted molar refractivity (Wildman–Crippen MR) is 92.4 cm³/mol. The Balaban J connectivity index is 1.67. The summed E-state index contributed by atoms with van der Waals surface area (Å²) in [7, 11) is -3.32. The number of aromatic nitrogens is 2. The van der Waals surface area contributed by atoms with Crippen LogP contribution in [0, 0.1) is 0 Å². The summed E-state index contributed by atoms with van der Waals surface area (Å²) >= 11 is 0. The molecule has 0 aliphatic carbocycles. The number of pyridine rings is 1. The van der Waals surface area contributed by atoms with Crippen LogP contribution in [0.2, 0.25) is 0 Å². The van der Waals surface area contributed by atoms with E-state index < -0.39 is 10.0 Å². The number of hydrogen-bond acceptors (Lipinski definition) is 4. The molecule has 2 heterocycles. The molecule has 3 aromatic rings. The van der Waals surface area contributed by atoms with Gasteiger partial charge < -0.3 is 4.74 Å². The Morgan fingerprint density at radius 3 is 2.67 bits per heavy atom. The Hall–Kier alpha value is -2.38. The lowest BCUT2D eigenvalue weighted by Crippen LogP contribution is -2.33. The number of rotatable bonds is 7. The van der Waals surface area contributed by atoms with Gasteiger partial charge >= 0.3 is 0 Å². The van der Waals surface area contributed by atoms with Crippen molar-refractivity contribution in [1.29, 1.82) is 0 Å². The quantitative estimate of drug-likeness (QED) is 0.658. The molecule has 2 aromatic heterocycles. The standard InChI is InChI=1S/C17H19N3O3S/c1-24(21,22)19(14-15-6-3-2-4-7-15)12-13-23-17-9-5-8-16-18-10-11-20(16)17/h2-11H,12-14H2,1H3. The first-order chi connectivity index (χ1) is 11.5. The van der Waals surface area contributed by atoms with Crippen molar-refractivity contribution < 1.29 is 13.2 Å². The molecular weight excluding hydrogens is 326 g/mol. The molecule has 3 rings (SSSR count). The smallest absolute Gasteiger partial charge is 0.211 e. The summed E-state index contributed by atoms with van der Waals surface area (Å²) in [6.07, 6.45) is 4.72. The minimum Gasteiger partial charge on any atom is -0.477 e. The fraction of sp³-hybridized carbons (Fsp3) is 0.235. The summed E-state index contributed by atoms with van der Waals surface area (Å²) < 4.78 is 33.0. The molecule has 0 N–H and O–H groups in total. The molecule has 0 aliphatic rings. The maximum atomic E-state index is 12.0. The van der Waals surface area contributed by atoms with Gasteiger partial charge in [-0.05, 0) is 17.7 Å². The second-order valence-corrected chi connectivity index (χ2v) is 7.43. The number of sulfonamides is 1. The zero-order valence-corrected chi connectivity index (χ0v) is 14.2. The number of imidazole rings is 1. The lowest BCUT2D eigenvalue weighted by Gasteiger charge is -2.20. The van der Waals surface area contributed by atoms with Crippen molar-refractivity contribution in [3.05, 3.63) is 66.5 Å². The van der Waals surface area contributed by atoms with E-state index >= 15 is 0 Å². The van der Waals surface area contributed by atoms with E-state index in [9.17, 15) is 8.42 Å². The van der Waals surface area contributed by atoms with Crippen LogP contribution in [0.1, 0.15) is 5.56 Å². The van der Waals surface area contributed by atoms with E-state index in [1.54, 1.807) is 6.20 Å². The molecule has 126 valence electrons. The highest BCUT2D eigenvalue weighted by Gasteiger charge is 2.17. The van der Waals surface area contributed by atoms with Crippen LogP contribution in [-0.4, -0.2) is 41.5 Å². The maximum Gasteiger partial charge on any atom is 0.211 e. The van der Waals surface area contributed by atoms with Crippen LogP contribution in [0.5, 0.6) is 5.88 Å². The van der Waals surface area contributed by atoms with Crippen molar-refractivity contribution in [1.82, 2.24) is 13.7 Å². The molecule has 0 amide bonds. The largest absolute Gasteiger partial charge is 0.477 e. The third-order valence-corrected chi connectivity index (χ3v) is 4.90. The summed E-state index contributed by atoms with van der Waals surface area (Å²) in [6.45, 7) is 0.869. The van der Waals surface area contributed by atoms with Gasteiger partial charge in [0.1, 0.15) is 12.3 Å². The van der Waals surface area contributed by atoms with Gasteiger partial charge in [-0.3, -0.25) is 4.40 Å². The van der Waals surface area contributed by atoms with Gasteiger partial charge in [0.2, 0.25) is 10.0 Å². The molecule has 0 unspecified atom stereocenters. The Kier molecular flexibility index (Phi) is 4.82. The summed E-state index contributed by atoms with van der Waals surface area (Å²) in [5.41, 5.74) is 1.73. The Bertz CT molecular complexity index is 907. The average molecular weight is 345 g/mol. The van der Waals surface area contributed by atoms with E-state index in [2.05, 4.69) is 4.98 Å². The lowest BCUT2D eigenvalue weighted by molar-refractivity contribution is 0.260. The van der Waals surface area contributed by atoms with Crippen LogP contribution >= 0.6 is 0 Å². The Morgan fingerprint density at radius 2 is 1.92 bits per heavy atom. The van der Waals surface area contributed by atoms with Crippen LogP contribution in [0.25, 0.3) is 5.65 Å². The van der Waals surface area contributed by atoms with Gasteiger partial charge in [-0.15, -0.1) is 0 Å².